The molecule has 3 N–H and O–H groups in total. The van der Waals surface area contributed by atoms with Crippen LogP contribution < -0.4 is 10.7 Å². The molecule has 1 aliphatic heterocycles. The highest BCUT2D eigenvalue weighted by Gasteiger charge is 2.26. The van der Waals surface area contributed by atoms with Gasteiger partial charge in [-0.05, 0) is 26.7 Å². The summed E-state index contributed by atoms with van der Waals surface area (Å²) in [5.41, 5.74) is 3.15. The fourth-order valence-corrected chi connectivity index (χ4v) is 2.38. The van der Waals surface area contributed by atoms with Crippen molar-refractivity contribution >= 4 is 11.9 Å². The number of amides is 1. The number of hydrogen-bond acceptors (Lipinski definition) is 4. The quantitative estimate of drug-likeness (QED) is 0.662. The molecule has 18 heavy (non-hydrogen) atoms. The molecule has 0 aliphatic carbocycles. The molecule has 104 valence electrons. The number of nitrogens with zero attached hydrogens (tertiary/aromatic N) is 1. The zero-order valence-corrected chi connectivity index (χ0v) is 11.3. The SMILES string of the molecule is CC(=O)NC(CNN1C(C)CCCC1C)C(=O)O. The summed E-state index contributed by atoms with van der Waals surface area (Å²) in [6.07, 6.45) is 3.42. The lowest BCUT2D eigenvalue weighted by atomic mass is 10.00. The van der Waals surface area contributed by atoms with Crippen LogP contribution in [0.4, 0.5) is 0 Å². The predicted octanol–water partition coefficient (Wildman–Crippen LogP) is 0.343. The second-order valence-corrected chi connectivity index (χ2v) is 4.99. The zero-order chi connectivity index (χ0) is 13.7. The van der Waals surface area contributed by atoms with Crippen LogP contribution in [0.1, 0.15) is 40.0 Å². The topological polar surface area (TPSA) is 81.7 Å². The molecule has 0 spiro atoms. The van der Waals surface area contributed by atoms with Gasteiger partial charge in [0, 0.05) is 25.6 Å². The van der Waals surface area contributed by atoms with Crippen molar-refractivity contribution in [2.75, 3.05) is 6.54 Å². The van der Waals surface area contributed by atoms with E-state index < -0.39 is 12.0 Å². The van der Waals surface area contributed by atoms with E-state index in [-0.39, 0.29) is 12.5 Å². The van der Waals surface area contributed by atoms with Crippen LogP contribution in [0.2, 0.25) is 0 Å². The van der Waals surface area contributed by atoms with Gasteiger partial charge in [-0.3, -0.25) is 10.2 Å². The van der Waals surface area contributed by atoms with Crippen molar-refractivity contribution in [2.24, 2.45) is 0 Å². The highest BCUT2D eigenvalue weighted by Crippen LogP contribution is 2.19. The molecule has 0 aromatic heterocycles. The maximum atomic E-state index is 11.0. The Balaban J connectivity index is 2.49. The number of carbonyl (C=O) groups is 2. The smallest absolute Gasteiger partial charge is 0.327 e. The molecule has 0 bridgehead atoms. The molecular formula is C12H23N3O3. The molecule has 1 amide bonds. The molecule has 0 aromatic carbocycles. The summed E-state index contributed by atoms with van der Waals surface area (Å²) < 4.78 is 0. The summed E-state index contributed by atoms with van der Waals surface area (Å²) >= 11 is 0. The van der Waals surface area contributed by atoms with Gasteiger partial charge in [0.2, 0.25) is 5.91 Å². The average Bonchev–Trinajstić information content (AvgIpc) is 2.26. The van der Waals surface area contributed by atoms with Crippen molar-refractivity contribution in [3.63, 3.8) is 0 Å². The molecule has 1 aliphatic rings. The number of hydrogen-bond donors (Lipinski definition) is 3. The van der Waals surface area contributed by atoms with Gasteiger partial charge in [0.05, 0.1) is 0 Å². The maximum Gasteiger partial charge on any atom is 0.327 e. The Labute approximate surface area is 108 Å². The van der Waals surface area contributed by atoms with Gasteiger partial charge in [-0.2, -0.15) is 0 Å². The molecule has 1 rings (SSSR count). The predicted molar refractivity (Wildman–Crippen MR) is 67.9 cm³/mol. The fourth-order valence-electron chi connectivity index (χ4n) is 2.38. The monoisotopic (exact) mass is 257 g/mol. The minimum absolute atomic E-state index is 0.212. The molecule has 0 saturated carbocycles. The third kappa shape index (κ3) is 4.27. The summed E-state index contributed by atoms with van der Waals surface area (Å²) in [4.78, 5) is 21.9. The first-order valence-electron chi connectivity index (χ1n) is 6.43. The van der Waals surface area contributed by atoms with Crippen molar-refractivity contribution in [1.29, 1.82) is 0 Å². The highest BCUT2D eigenvalue weighted by molar-refractivity contribution is 5.82. The van der Waals surface area contributed by atoms with E-state index in [2.05, 4.69) is 29.6 Å². The van der Waals surface area contributed by atoms with Crippen molar-refractivity contribution < 1.29 is 14.7 Å². The highest BCUT2D eigenvalue weighted by atomic mass is 16.4. The van der Waals surface area contributed by atoms with Gasteiger partial charge in [-0.25, -0.2) is 9.80 Å². The van der Waals surface area contributed by atoms with Crippen LogP contribution in [0.3, 0.4) is 0 Å². The Bertz CT molecular complexity index is 299. The number of hydrazine groups is 1. The lowest BCUT2D eigenvalue weighted by Gasteiger charge is -2.39. The Kier molecular flexibility index (Phi) is 5.55. The van der Waals surface area contributed by atoms with E-state index in [1.807, 2.05) is 0 Å². The zero-order valence-electron chi connectivity index (χ0n) is 11.3. The van der Waals surface area contributed by atoms with Crippen LogP contribution in [0, 0.1) is 0 Å². The largest absolute Gasteiger partial charge is 0.480 e. The third-order valence-electron chi connectivity index (χ3n) is 3.35. The first-order valence-corrected chi connectivity index (χ1v) is 6.43. The van der Waals surface area contributed by atoms with Crippen LogP contribution in [-0.4, -0.2) is 46.7 Å². The molecule has 0 aromatic rings. The Morgan fingerprint density at radius 1 is 1.33 bits per heavy atom. The summed E-state index contributed by atoms with van der Waals surface area (Å²) in [6, 6.07) is -0.107. The van der Waals surface area contributed by atoms with Gasteiger partial charge < -0.3 is 10.4 Å². The van der Waals surface area contributed by atoms with Crippen LogP contribution in [0.15, 0.2) is 0 Å². The number of piperidine rings is 1. The van der Waals surface area contributed by atoms with Gasteiger partial charge in [0.15, 0.2) is 0 Å². The van der Waals surface area contributed by atoms with E-state index in [4.69, 9.17) is 5.11 Å². The fraction of sp³-hybridized carbons (Fsp3) is 0.833. The summed E-state index contributed by atoms with van der Waals surface area (Å²) in [6.45, 7) is 5.78. The second-order valence-electron chi connectivity index (χ2n) is 4.99. The third-order valence-corrected chi connectivity index (χ3v) is 3.35. The summed E-state index contributed by atoms with van der Waals surface area (Å²) in [5, 5.41) is 13.5. The Morgan fingerprint density at radius 2 is 1.89 bits per heavy atom. The first-order chi connectivity index (χ1) is 8.41. The Hall–Kier alpha value is -1.14. The number of aliphatic carboxylic acids is 1. The first kappa shape index (κ1) is 14.9. The molecule has 6 nitrogen and oxygen atoms in total. The lowest BCUT2D eigenvalue weighted by Crippen LogP contribution is -2.57. The van der Waals surface area contributed by atoms with E-state index in [1.54, 1.807) is 0 Å². The van der Waals surface area contributed by atoms with E-state index in [0.717, 1.165) is 12.8 Å². The normalized spacial score (nSPS) is 26.6. The van der Waals surface area contributed by atoms with E-state index >= 15 is 0 Å². The summed E-state index contributed by atoms with van der Waals surface area (Å²) in [7, 11) is 0. The van der Waals surface area contributed by atoms with Gasteiger partial charge in [0.1, 0.15) is 6.04 Å². The molecule has 6 heteroatoms. The lowest BCUT2D eigenvalue weighted by molar-refractivity contribution is -0.141. The van der Waals surface area contributed by atoms with E-state index in [1.165, 1.54) is 13.3 Å². The minimum Gasteiger partial charge on any atom is -0.480 e. The standard InChI is InChI=1S/C12H23N3O3/c1-8-5-4-6-9(2)15(8)13-7-11(12(17)18)14-10(3)16/h8-9,11,13H,4-7H2,1-3H3,(H,14,16)(H,17,18). The Morgan fingerprint density at radius 3 is 2.33 bits per heavy atom. The van der Waals surface area contributed by atoms with Crippen molar-refractivity contribution in [1.82, 2.24) is 15.8 Å². The van der Waals surface area contributed by atoms with Crippen molar-refractivity contribution in [2.45, 2.75) is 58.2 Å². The summed E-state index contributed by atoms with van der Waals surface area (Å²) in [5.74, 6) is -1.35. The molecule has 1 fully saturated rings. The number of carbonyl (C=O) groups excluding carboxylic acids is 1. The maximum absolute atomic E-state index is 11.0. The molecule has 3 unspecified atom stereocenters. The average molecular weight is 257 g/mol. The minimum atomic E-state index is -1.02. The van der Waals surface area contributed by atoms with E-state index in [9.17, 15) is 9.59 Å². The number of rotatable bonds is 5. The number of nitrogens with one attached hydrogen (secondary N) is 2. The molecule has 1 saturated heterocycles. The second kappa shape index (κ2) is 6.70. The molecule has 1 heterocycles. The van der Waals surface area contributed by atoms with Gasteiger partial charge in [-0.1, -0.05) is 6.42 Å². The van der Waals surface area contributed by atoms with Gasteiger partial charge >= 0.3 is 5.97 Å². The van der Waals surface area contributed by atoms with Crippen LogP contribution in [0.25, 0.3) is 0 Å². The van der Waals surface area contributed by atoms with Crippen LogP contribution in [0.5, 0.6) is 0 Å². The van der Waals surface area contributed by atoms with Gasteiger partial charge in [-0.15, -0.1) is 0 Å². The molecule has 3 atom stereocenters. The van der Waals surface area contributed by atoms with Crippen molar-refractivity contribution in [3.05, 3.63) is 0 Å². The number of carboxylic acid groups (broad SMARTS) is 1. The van der Waals surface area contributed by atoms with Crippen molar-refractivity contribution in [3.8, 4) is 0 Å². The van der Waals surface area contributed by atoms with Crippen LogP contribution in [-0.2, 0) is 9.59 Å². The molecule has 0 radical (unpaired) electrons. The van der Waals surface area contributed by atoms with Gasteiger partial charge in [0.25, 0.3) is 0 Å². The number of carboxylic acids is 1. The molecular weight excluding hydrogens is 234 g/mol. The van der Waals surface area contributed by atoms with Crippen LogP contribution >= 0.6 is 0 Å². The van der Waals surface area contributed by atoms with E-state index in [0.29, 0.717) is 12.1 Å².